The topological polar surface area (TPSA) is 64.4 Å². The fourth-order valence-corrected chi connectivity index (χ4v) is 4.25. The molecule has 1 fully saturated rings. The Morgan fingerprint density at radius 2 is 2.10 bits per heavy atom. The second kappa shape index (κ2) is 6.24. The highest BCUT2D eigenvalue weighted by Gasteiger charge is 2.26. The molecule has 1 atom stereocenters. The van der Waals surface area contributed by atoms with Crippen LogP contribution < -0.4 is 0 Å². The molecule has 1 aliphatic rings. The summed E-state index contributed by atoms with van der Waals surface area (Å²) in [6.07, 6.45) is 0.00466. The highest BCUT2D eigenvalue weighted by molar-refractivity contribution is 8.13. The van der Waals surface area contributed by atoms with Gasteiger partial charge in [-0.05, 0) is 27.7 Å². The summed E-state index contributed by atoms with van der Waals surface area (Å²) in [4.78, 5) is 2.46. The second-order valence-electron chi connectivity index (χ2n) is 5.70. The van der Waals surface area contributed by atoms with Crippen LogP contribution in [0, 0.1) is 13.8 Å². The molecule has 120 valence electrons. The minimum absolute atomic E-state index is 0.00466. The minimum Gasteiger partial charge on any atom is -0.374 e. The van der Waals surface area contributed by atoms with E-state index in [0.717, 1.165) is 13.1 Å². The van der Waals surface area contributed by atoms with Gasteiger partial charge in [-0.3, -0.25) is 9.58 Å². The summed E-state index contributed by atoms with van der Waals surface area (Å²) in [5.74, 6) is 0. The van der Waals surface area contributed by atoms with E-state index in [-0.39, 0.29) is 11.0 Å². The largest absolute Gasteiger partial charge is 0.374 e. The number of rotatable bonds is 4. The van der Waals surface area contributed by atoms with E-state index in [0.29, 0.717) is 30.6 Å². The van der Waals surface area contributed by atoms with Gasteiger partial charge >= 0.3 is 0 Å². The molecule has 0 spiro atoms. The van der Waals surface area contributed by atoms with E-state index < -0.39 is 9.05 Å². The molecule has 8 heteroatoms. The Labute approximate surface area is 130 Å². The highest BCUT2D eigenvalue weighted by Crippen LogP contribution is 2.24. The lowest BCUT2D eigenvalue weighted by Crippen LogP contribution is -2.47. The van der Waals surface area contributed by atoms with Crippen LogP contribution >= 0.6 is 10.7 Å². The molecule has 0 aliphatic carbocycles. The summed E-state index contributed by atoms with van der Waals surface area (Å²) < 4.78 is 30.6. The van der Waals surface area contributed by atoms with Gasteiger partial charge in [0, 0.05) is 29.8 Å². The molecule has 2 rings (SSSR count). The molecule has 1 aromatic rings. The first-order valence-electron chi connectivity index (χ1n) is 7.04. The molecule has 0 saturated carbocycles. The Morgan fingerprint density at radius 3 is 2.62 bits per heavy atom. The van der Waals surface area contributed by atoms with Crippen molar-refractivity contribution in [2.45, 2.75) is 51.3 Å². The molecular weight excluding hydrogens is 314 g/mol. The number of hydrogen-bond donors (Lipinski definition) is 0. The summed E-state index contributed by atoms with van der Waals surface area (Å²) >= 11 is 0. The van der Waals surface area contributed by atoms with E-state index in [1.165, 1.54) is 0 Å². The van der Waals surface area contributed by atoms with Crippen LogP contribution in [0.25, 0.3) is 0 Å². The fourth-order valence-electron chi connectivity index (χ4n) is 2.73. The maximum Gasteiger partial charge on any atom is 0.264 e. The van der Waals surface area contributed by atoms with Crippen molar-refractivity contribution in [1.82, 2.24) is 14.7 Å². The summed E-state index contributed by atoms with van der Waals surface area (Å²) in [6.45, 7) is 10.6. The van der Waals surface area contributed by atoms with Crippen molar-refractivity contribution < 1.29 is 13.2 Å². The van der Waals surface area contributed by atoms with Crippen molar-refractivity contribution in [1.29, 1.82) is 0 Å². The van der Waals surface area contributed by atoms with Gasteiger partial charge in [-0.25, -0.2) is 8.42 Å². The molecule has 1 unspecified atom stereocenters. The van der Waals surface area contributed by atoms with Crippen LogP contribution in [-0.2, 0) is 20.3 Å². The van der Waals surface area contributed by atoms with Crippen LogP contribution in [0.4, 0.5) is 0 Å². The summed E-state index contributed by atoms with van der Waals surface area (Å²) in [6, 6.07) is 0.468. The summed E-state index contributed by atoms with van der Waals surface area (Å²) in [5.41, 5.74) is 0.992. The van der Waals surface area contributed by atoms with Crippen molar-refractivity contribution in [3.05, 3.63) is 11.4 Å². The first-order chi connectivity index (χ1) is 9.70. The van der Waals surface area contributed by atoms with Gasteiger partial charge < -0.3 is 4.74 Å². The first-order valence-corrected chi connectivity index (χ1v) is 9.35. The molecule has 0 radical (unpaired) electrons. The molecule has 0 aromatic carbocycles. The van der Waals surface area contributed by atoms with Crippen molar-refractivity contribution in [2.24, 2.45) is 0 Å². The molecular formula is C13H22ClN3O3S. The zero-order chi connectivity index (χ0) is 15.8. The van der Waals surface area contributed by atoms with Crippen molar-refractivity contribution >= 4 is 19.7 Å². The Balaban J connectivity index is 2.17. The standard InChI is InChI=1S/C13H22ClN3O3S/c1-9(2)16-5-6-20-12(7-16)8-17-11(4)13(10(3)15-17)21(14,18)19/h9,12H,5-8H2,1-4H3. The lowest BCUT2D eigenvalue weighted by atomic mass is 10.2. The summed E-state index contributed by atoms with van der Waals surface area (Å²) in [5, 5.41) is 4.30. The zero-order valence-electron chi connectivity index (χ0n) is 12.8. The highest BCUT2D eigenvalue weighted by atomic mass is 35.7. The number of halogens is 1. The first kappa shape index (κ1) is 16.7. The number of aromatic nitrogens is 2. The SMILES string of the molecule is Cc1nn(CC2CN(C(C)C)CCO2)c(C)c1S(=O)(=O)Cl. The third-order valence-electron chi connectivity index (χ3n) is 3.84. The average molecular weight is 336 g/mol. The Bertz CT molecular complexity index is 612. The van der Waals surface area contributed by atoms with Crippen LogP contribution in [-0.4, -0.2) is 54.9 Å². The maximum absolute atomic E-state index is 11.6. The van der Waals surface area contributed by atoms with Crippen LogP contribution in [0.3, 0.4) is 0 Å². The molecule has 2 heterocycles. The molecule has 1 saturated heterocycles. The smallest absolute Gasteiger partial charge is 0.264 e. The zero-order valence-corrected chi connectivity index (χ0v) is 14.4. The fraction of sp³-hybridized carbons (Fsp3) is 0.769. The quantitative estimate of drug-likeness (QED) is 0.781. The normalized spacial score (nSPS) is 21.1. The lowest BCUT2D eigenvalue weighted by Gasteiger charge is -2.35. The van der Waals surface area contributed by atoms with E-state index in [9.17, 15) is 8.42 Å². The number of morpholine rings is 1. The van der Waals surface area contributed by atoms with E-state index >= 15 is 0 Å². The van der Waals surface area contributed by atoms with Crippen LogP contribution in [0.15, 0.2) is 4.90 Å². The van der Waals surface area contributed by atoms with Gasteiger partial charge in [-0.1, -0.05) is 0 Å². The van der Waals surface area contributed by atoms with Gasteiger partial charge in [0.2, 0.25) is 0 Å². The molecule has 1 aliphatic heterocycles. The van der Waals surface area contributed by atoms with Crippen molar-refractivity contribution in [2.75, 3.05) is 19.7 Å². The molecule has 0 N–H and O–H groups in total. The predicted octanol–water partition coefficient (Wildman–Crippen LogP) is 1.54. The van der Waals surface area contributed by atoms with Crippen molar-refractivity contribution in [3.8, 4) is 0 Å². The van der Waals surface area contributed by atoms with Gasteiger partial charge in [-0.2, -0.15) is 5.10 Å². The molecule has 0 amide bonds. The monoisotopic (exact) mass is 335 g/mol. The van der Waals surface area contributed by atoms with Gasteiger partial charge in [0.25, 0.3) is 9.05 Å². The number of nitrogens with zero attached hydrogens (tertiary/aromatic N) is 3. The molecule has 1 aromatic heterocycles. The Hall–Kier alpha value is -0.630. The Kier molecular flexibility index (Phi) is 4.97. The van der Waals surface area contributed by atoms with E-state index in [1.807, 2.05) is 0 Å². The Morgan fingerprint density at radius 1 is 1.43 bits per heavy atom. The third-order valence-corrected chi connectivity index (χ3v) is 5.38. The predicted molar refractivity (Wildman–Crippen MR) is 81.2 cm³/mol. The number of aryl methyl sites for hydroxylation is 1. The molecule has 21 heavy (non-hydrogen) atoms. The van der Waals surface area contributed by atoms with Crippen molar-refractivity contribution in [3.63, 3.8) is 0 Å². The third kappa shape index (κ3) is 3.77. The molecule has 6 nitrogen and oxygen atoms in total. The van der Waals surface area contributed by atoms with Crippen LogP contribution in [0.2, 0.25) is 0 Å². The summed E-state index contributed by atoms with van der Waals surface area (Å²) in [7, 11) is 1.70. The maximum atomic E-state index is 11.6. The molecule has 0 bridgehead atoms. The van der Waals surface area contributed by atoms with Crippen LogP contribution in [0.5, 0.6) is 0 Å². The van der Waals surface area contributed by atoms with E-state index in [2.05, 4.69) is 23.8 Å². The average Bonchev–Trinajstić information content (AvgIpc) is 2.64. The minimum atomic E-state index is -3.77. The number of hydrogen-bond acceptors (Lipinski definition) is 5. The van der Waals surface area contributed by atoms with E-state index in [4.69, 9.17) is 15.4 Å². The van der Waals surface area contributed by atoms with Gasteiger partial charge in [0.15, 0.2) is 0 Å². The van der Waals surface area contributed by atoms with Gasteiger partial charge in [0.1, 0.15) is 4.90 Å². The second-order valence-corrected chi connectivity index (χ2v) is 8.20. The number of ether oxygens (including phenoxy) is 1. The van der Waals surface area contributed by atoms with Gasteiger partial charge in [0.05, 0.1) is 30.6 Å². The van der Waals surface area contributed by atoms with E-state index in [1.54, 1.807) is 18.5 Å². The van der Waals surface area contributed by atoms with Crippen LogP contribution in [0.1, 0.15) is 25.2 Å². The lowest BCUT2D eigenvalue weighted by molar-refractivity contribution is -0.0472. The van der Waals surface area contributed by atoms with Gasteiger partial charge in [-0.15, -0.1) is 0 Å².